The average Bonchev–Trinajstić information content (AvgIpc) is 2.87. The van der Waals surface area contributed by atoms with Gasteiger partial charge < -0.3 is 9.73 Å². The lowest BCUT2D eigenvalue weighted by atomic mass is 10.1. The first-order chi connectivity index (χ1) is 9.22. The van der Waals surface area contributed by atoms with Crippen molar-refractivity contribution < 1.29 is 9.21 Å². The van der Waals surface area contributed by atoms with Gasteiger partial charge in [0.15, 0.2) is 12.0 Å². The molecular weight excluding hydrogens is 240 g/mol. The van der Waals surface area contributed by atoms with E-state index in [1.54, 1.807) is 24.3 Å². The molecule has 4 heteroatoms. The molecular formula is C15H12N2O2. The van der Waals surface area contributed by atoms with Crippen molar-refractivity contribution in [1.29, 1.82) is 0 Å². The number of fused-ring (bicyclic) bond motifs is 1. The Morgan fingerprint density at radius 2 is 1.95 bits per heavy atom. The van der Waals surface area contributed by atoms with Crippen LogP contribution in [-0.4, -0.2) is 10.9 Å². The number of hydrogen-bond acceptors (Lipinski definition) is 3. The van der Waals surface area contributed by atoms with Gasteiger partial charge in [-0.25, -0.2) is 4.98 Å². The Hall–Kier alpha value is -2.62. The molecule has 2 aromatic carbocycles. The first kappa shape index (κ1) is 11.5. The van der Waals surface area contributed by atoms with E-state index in [0.717, 1.165) is 11.1 Å². The number of rotatable bonds is 2. The molecule has 0 atom stereocenters. The maximum absolute atomic E-state index is 12.0. The van der Waals surface area contributed by atoms with Crippen LogP contribution < -0.4 is 5.32 Å². The fourth-order valence-electron chi connectivity index (χ4n) is 1.84. The lowest BCUT2D eigenvalue weighted by Crippen LogP contribution is -2.11. The largest absolute Gasteiger partial charge is 0.443 e. The summed E-state index contributed by atoms with van der Waals surface area (Å²) in [6.45, 7) is 1.99. The van der Waals surface area contributed by atoms with Gasteiger partial charge in [0.2, 0.25) is 0 Å². The molecule has 0 saturated carbocycles. The van der Waals surface area contributed by atoms with Crippen LogP contribution in [0.2, 0.25) is 0 Å². The van der Waals surface area contributed by atoms with Crippen molar-refractivity contribution >= 4 is 22.7 Å². The van der Waals surface area contributed by atoms with E-state index in [4.69, 9.17) is 4.42 Å². The monoisotopic (exact) mass is 252 g/mol. The SMILES string of the molecule is Cc1ccc(C(=O)Nc2ccc3ncoc3c2)cc1. The number of carbonyl (C=O) groups excluding carboxylic acids is 1. The number of aromatic nitrogens is 1. The van der Waals surface area contributed by atoms with Crippen LogP contribution in [-0.2, 0) is 0 Å². The van der Waals surface area contributed by atoms with Gasteiger partial charge in [0.05, 0.1) is 0 Å². The van der Waals surface area contributed by atoms with Gasteiger partial charge in [0.1, 0.15) is 5.52 Å². The molecule has 1 amide bonds. The van der Waals surface area contributed by atoms with E-state index in [2.05, 4.69) is 10.3 Å². The van der Waals surface area contributed by atoms with Gasteiger partial charge in [-0.2, -0.15) is 0 Å². The first-order valence-electron chi connectivity index (χ1n) is 5.94. The lowest BCUT2D eigenvalue weighted by Gasteiger charge is -2.05. The van der Waals surface area contributed by atoms with E-state index >= 15 is 0 Å². The Labute approximate surface area is 110 Å². The van der Waals surface area contributed by atoms with Crippen LogP contribution in [0, 0.1) is 6.92 Å². The summed E-state index contributed by atoms with van der Waals surface area (Å²) in [4.78, 5) is 16.1. The predicted molar refractivity (Wildman–Crippen MR) is 73.1 cm³/mol. The number of oxazole rings is 1. The Morgan fingerprint density at radius 3 is 2.74 bits per heavy atom. The number of nitrogens with one attached hydrogen (secondary N) is 1. The number of hydrogen-bond donors (Lipinski definition) is 1. The van der Waals surface area contributed by atoms with Crippen molar-refractivity contribution in [2.24, 2.45) is 0 Å². The molecule has 0 aliphatic heterocycles. The van der Waals surface area contributed by atoms with E-state index in [1.165, 1.54) is 6.39 Å². The second-order valence-corrected chi connectivity index (χ2v) is 4.36. The Morgan fingerprint density at radius 1 is 1.16 bits per heavy atom. The number of nitrogens with zero attached hydrogens (tertiary/aromatic N) is 1. The van der Waals surface area contributed by atoms with Crippen molar-refractivity contribution in [2.75, 3.05) is 5.32 Å². The number of benzene rings is 2. The molecule has 1 aromatic heterocycles. The normalized spacial score (nSPS) is 10.6. The van der Waals surface area contributed by atoms with Gasteiger partial charge in [-0.1, -0.05) is 17.7 Å². The summed E-state index contributed by atoms with van der Waals surface area (Å²) < 4.78 is 5.20. The third kappa shape index (κ3) is 2.33. The molecule has 0 aliphatic rings. The maximum Gasteiger partial charge on any atom is 0.255 e. The molecule has 1 N–H and O–H groups in total. The molecule has 0 saturated heterocycles. The molecule has 4 nitrogen and oxygen atoms in total. The summed E-state index contributed by atoms with van der Waals surface area (Å²) in [6, 6.07) is 12.8. The van der Waals surface area contributed by atoms with Gasteiger partial charge in [-0.15, -0.1) is 0 Å². The highest BCUT2D eigenvalue weighted by atomic mass is 16.3. The van der Waals surface area contributed by atoms with Crippen molar-refractivity contribution in [2.45, 2.75) is 6.92 Å². The molecule has 0 fully saturated rings. The fraction of sp³-hybridized carbons (Fsp3) is 0.0667. The average molecular weight is 252 g/mol. The van der Waals surface area contributed by atoms with Crippen LogP contribution in [0.15, 0.2) is 53.3 Å². The zero-order valence-electron chi connectivity index (χ0n) is 10.4. The molecule has 19 heavy (non-hydrogen) atoms. The van der Waals surface area contributed by atoms with Crippen LogP contribution >= 0.6 is 0 Å². The zero-order chi connectivity index (χ0) is 13.2. The zero-order valence-corrected chi connectivity index (χ0v) is 10.4. The van der Waals surface area contributed by atoms with Gasteiger partial charge in [-0.05, 0) is 31.2 Å². The minimum atomic E-state index is -0.140. The fourth-order valence-corrected chi connectivity index (χ4v) is 1.84. The van der Waals surface area contributed by atoms with Crippen LogP contribution in [0.25, 0.3) is 11.1 Å². The predicted octanol–water partition coefficient (Wildman–Crippen LogP) is 3.39. The van der Waals surface area contributed by atoms with Crippen molar-refractivity contribution in [3.05, 3.63) is 60.0 Å². The van der Waals surface area contributed by atoms with Gasteiger partial charge in [-0.3, -0.25) is 4.79 Å². The quantitative estimate of drug-likeness (QED) is 0.760. The Bertz CT molecular complexity index is 729. The molecule has 0 spiro atoms. The summed E-state index contributed by atoms with van der Waals surface area (Å²) in [7, 11) is 0. The second kappa shape index (κ2) is 4.57. The van der Waals surface area contributed by atoms with Crippen molar-refractivity contribution in [3.63, 3.8) is 0 Å². The molecule has 3 aromatic rings. The van der Waals surface area contributed by atoms with Gasteiger partial charge in [0.25, 0.3) is 5.91 Å². The first-order valence-corrected chi connectivity index (χ1v) is 5.94. The van der Waals surface area contributed by atoms with Crippen LogP contribution in [0.1, 0.15) is 15.9 Å². The van der Waals surface area contributed by atoms with Crippen molar-refractivity contribution in [3.8, 4) is 0 Å². The molecule has 94 valence electrons. The number of carbonyl (C=O) groups is 1. The highest BCUT2D eigenvalue weighted by Gasteiger charge is 2.07. The molecule has 0 bridgehead atoms. The standard InChI is InChI=1S/C15H12N2O2/c1-10-2-4-11(5-3-10)15(18)17-12-6-7-13-14(8-12)19-9-16-13/h2-9H,1H3,(H,17,18). The minimum Gasteiger partial charge on any atom is -0.443 e. The topological polar surface area (TPSA) is 55.1 Å². The third-order valence-corrected chi connectivity index (χ3v) is 2.90. The summed E-state index contributed by atoms with van der Waals surface area (Å²) in [5, 5.41) is 2.83. The van der Waals surface area contributed by atoms with Crippen LogP contribution in [0.5, 0.6) is 0 Å². The number of aryl methyl sites for hydroxylation is 1. The molecule has 0 radical (unpaired) electrons. The summed E-state index contributed by atoms with van der Waals surface area (Å²) in [5.41, 5.74) is 3.87. The van der Waals surface area contributed by atoms with Crippen LogP contribution in [0.3, 0.4) is 0 Å². The smallest absolute Gasteiger partial charge is 0.255 e. The van der Waals surface area contributed by atoms with E-state index in [0.29, 0.717) is 16.8 Å². The summed E-state index contributed by atoms with van der Waals surface area (Å²) in [5.74, 6) is -0.140. The molecule has 0 unspecified atom stereocenters. The van der Waals surface area contributed by atoms with Gasteiger partial charge >= 0.3 is 0 Å². The maximum atomic E-state index is 12.0. The second-order valence-electron chi connectivity index (χ2n) is 4.36. The highest BCUT2D eigenvalue weighted by molar-refractivity contribution is 6.04. The third-order valence-electron chi connectivity index (χ3n) is 2.90. The minimum absolute atomic E-state index is 0.140. The summed E-state index contributed by atoms with van der Waals surface area (Å²) in [6.07, 6.45) is 1.39. The summed E-state index contributed by atoms with van der Waals surface area (Å²) >= 11 is 0. The van der Waals surface area contributed by atoms with E-state index in [9.17, 15) is 4.79 Å². The lowest BCUT2D eigenvalue weighted by molar-refractivity contribution is 0.102. The number of anilines is 1. The van der Waals surface area contributed by atoms with Crippen LogP contribution in [0.4, 0.5) is 5.69 Å². The molecule has 0 aliphatic carbocycles. The van der Waals surface area contributed by atoms with E-state index in [-0.39, 0.29) is 5.91 Å². The van der Waals surface area contributed by atoms with E-state index < -0.39 is 0 Å². The Balaban J connectivity index is 1.83. The van der Waals surface area contributed by atoms with E-state index in [1.807, 2.05) is 25.1 Å². The molecule has 1 heterocycles. The number of amides is 1. The molecule has 3 rings (SSSR count). The van der Waals surface area contributed by atoms with Crippen molar-refractivity contribution in [1.82, 2.24) is 4.98 Å². The highest BCUT2D eigenvalue weighted by Crippen LogP contribution is 2.18. The van der Waals surface area contributed by atoms with Gasteiger partial charge in [0, 0.05) is 17.3 Å². The Kier molecular flexibility index (Phi) is 2.76.